The first kappa shape index (κ1) is 32.2. The van der Waals surface area contributed by atoms with Crippen LogP contribution in [0.25, 0.3) is 0 Å². The number of aromatic hydroxyl groups is 1. The molecule has 2 aromatic carbocycles. The number of carboxylic acid groups (broad SMARTS) is 3. The van der Waals surface area contributed by atoms with Crippen LogP contribution < -0.4 is 21.7 Å². The number of amides is 3. The van der Waals surface area contributed by atoms with Crippen LogP contribution in [-0.2, 0) is 41.6 Å². The fraction of sp³-hybridized carbons (Fsp3) is 0.333. The second-order valence-corrected chi connectivity index (χ2v) is 9.22. The highest BCUT2D eigenvalue weighted by Crippen LogP contribution is 2.11. The van der Waals surface area contributed by atoms with Gasteiger partial charge in [0.25, 0.3) is 0 Å². The van der Waals surface area contributed by atoms with Gasteiger partial charge in [0.05, 0.1) is 12.5 Å². The Bertz CT molecular complexity index is 1240. The summed E-state index contributed by atoms with van der Waals surface area (Å²) in [5.41, 5.74) is 7.08. The highest BCUT2D eigenvalue weighted by Gasteiger charge is 2.32. The van der Waals surface area contributed by atoms with E-state index in [2.05, 4.69) is 16.0 Å². The minimum atomic E-state index is -1.69. The lowest BCUT2D eigenvalue weighted by Gasteiger charge is -2.24. The number of phenolic OH excluding ortho intramolecular Hbond substituents is 1. The van der Waals surface area contributed by atoms with Crippen molar-refractivity contribution in [3.05, 3.63) is 65.7 Å². The molecule has 0 aliphatic carbocycles. The Morgan fingerprint density at radius 1 is 0.659 bits per heavy atom. The predicted octanol–water partition coefficient (Wildman–Crippen LogP) is -0.617. The maximum Gasteiger partial charge on any atom is 0.326 e. The number of carbonyl (C=O) groups excluding carboxylic acids is 3. The van der Waals surface area contributed by atoms with E-state index in [-0.39, 0.29) is 18.6 Å². The highest BCUT2D eigenvalue weighted by molar-refractivity contribution is 5.95. The predicted molar refractivity (Wildman–Crippen MR) is 142 cm³/mol. The second-order valence-electron chi connectivity index (χ2n) is 9.22. The molecule has 0 saturated carbocycles. The summed E-state index contributed by atoms with van der Waals surface area (Å²) in [6.45, 7) is 0. The van der Waals surface area contributed by atoms with Gasteiger partial charge >= 0.3 is 17.9 Å². The van der Waals surface area contributed by atoms with Crippen molar-refractivity contribution in [1.29, 1.82) is 0 Å². The number of rotatable bonds is 16. The Kier molecular flexibility index (Phi) is 12.2. The Balaban J connectivity index is 2.15. The molecule has 14 heteroatoms. The number of benzene rings is 2. The molecular weight excluding hydrogens is 540 g/mol. The molecule has 14 nitrogen and oxygen atoms in total. The van der Waals surface area contributed by atoms with Gasteiger partial charge in [0.15, 0.2) is 0 Å². The summed E-state index contributed by atoms with van der Waals surface area (Å²) in [4.78, 5) is 73.0. The number of phenols is 1. The van der Waals surface area contributed by atoms with Gasteiger partial charge in [0, 0.05) is 12.8 Å². The number of carbonyl (C=O) groups is 6. The van der Waals surface area contributed by atoms with Crippen LogP contribution >= 0.6 is 0 Å². The zero-order valence-electron chi connectivity index (χ0n) is 21.9. The van der Waals surface area contributed by atoms with Crippen molar-refractivity contribution in [1.82, 2.24) is 16.0 Å². The van der Waals surface area contributed by atoms with E-state index in [1.165, 1.54) is 24.3 Å². The average Bonchev–Trinajstić information content (AvgIpc) is 2.91. The molecule has 0 fully saturated rings. The van der Waals surface area contributed by atoms with Crippen molar-refractivity contribution < 1.29 is 49.2 Å². The number of hydrogen-bond donors (Lipinski definition) is 8. The number of aliphatic carboxylic acids is 3. The van der Waals surface area contributed by atoms with Gasteiger partial charge in [-0.1, -0.05) is 42.5 Å². The lowest BCUT2D eigenvalue weighted by Crippen LogP contribution is -2.57. The second kappa shape index (κ2) is 15.6. The van der Waals surface area contributed by atoms with Crippen molar-refractivity contribution >= 4 is 35.6 Å². The maximum absolute atomic E-state index is 13.0. The van der Waals surface area contributed by atoms with E-state index >= 15 is 0 Å². The van der Waals surface area contributed by atoms with Gasteiger partial charge < -0.3 is 42.1 Å². The first-order chi connectivity index (χ1) is 19.3. The number of nitrogens with one attached hydrogen (secondary N) is 3. The summed E-state index contributed by atoms with van der Waals surface area (Å²) in [6, 6.07) is 8.34. The van der Waals surface area contributed by atoms with Crippen LogP contribution in [0.15, 0.2) is 54.6 Å². The van der Waals surface area contributed by atoms with Crippen LogP contribution in [0.1, 0.15) is 30.4 Å². The first-order valence-electron chi connectivity index (χ1n) is 12.5. The Morgan fingerprint density at radius 2 is 1.20 bits per heavy atom. The minimum Gasteiger partial charge on any atom is -0.508 e. The summed E-state index contributed by atoms with van der Waals surface area (Å²) in [6.07, 6.45) is -2.02. The molecule has 220 valence electrons. The van der Waals surface area contributed by atoms with Crippen molar-refractivity contribution in [2.24, 2.45) is 5.73 Å². The molecule has 3 amide bonds. The third-order valence-electron chi connectivity index (χ3n) is 5.92. The Labute approximate surface area is 234 Å². The molecule has 0 bridgehead atoms. The van der Waals surface area contributed by atoms with E-state index < -0.39 is 79.1 Å². The van der Waals surface area contributed by atoms with E-state index in [1.54, 1.807) is 30.3 Å². The summed E-state index contributed by atoms with van der Waals surface area (Å²) in [5, 5.41) is 44.1. The van der Waals surface area contributed by atoms with E-state index in [4.69, 9.17) is 10.8 Å². The van der Waals surface area contributed by atoms with Crippen LogP contribution in [0.2, 0.25) is 0 Å². The van der Waals surface area contributed by atoms with Gasteiger partial charge in [-0.05, 0) is 36.1 Å². The summed E-state index contributed by atoms with van der Waals surface area (Å²) >= 11 is 0. The first-order valence-corrected chi connectivity index (χ1v) is 12.5. The summed E-state index contributed by atoms with van der Waals surface area (Å²) < 4.78 is 0. The van der Waals surface area contributed by atoms with Gasteiger partial charge in [0.2, 0.25) is 17.7 Å². The van der Waals surface area contributed by atoms with E-state index in [0.717, 1.165) is 0 Å². The monoisotopic (exact) mass is 572 g/mol. The molecule has 9 N–H and O–H groups in total. The van der Waals surface area contributed by atoms with Crippen LogP contribution in [-0.4, -0.2) is 80.2 Å². The van der Waals surface area contributed by atoms with Gasteiger partial charge in [-0.25, -0.2) is 4.79 Å². The van der Waals surface area contributed by atoms with Crippen LogP contribution in [0.5, 0.6) is 5.75 Å². The van der Waals surface area contributed by atoms with Crippen molar-refractivity contribution in [2.45, 2.75) is 56.3 Å². The normalized spacial score (nSPS) is 13.6. The SMILES string of the molecule is NC(Cc1ccc(O)cc1)C(=O)NC(CC(=O)O)C(=O)NC(CCC(=O)O)C(=O)NC(Cc1ccccc1)C(=O)O. The number of carboxylic acids is 3. The Hall–Kier alpha value is -4.98. The molecule has 4 atom stereocenters. The molecule has 0 aliphatic rings. The van der Waals surface area contributed by atoms with Crippen LogP contribution in [0, 0.1) is 0 Å². The fourth-order valence-corrected chi connectivity index (χ4v) is 3.77. The van der Waals surface area contributed by atoms with Gasteiger partial charge in [-0.3, -0.25) is 24.0 Å². The van der Waals surface area contributed by atoms with Crippen molar-refractivity contribution in [2.75, 3.05) is 0 Å². The van der Waals surface area contributed by atoms with Crippen molar-refractivity contribution in [3.63, 3.8) is 0 Å². The average molecular weight is 573 g/mol. The molecule has 0 heterocycles. The third-order valence-corrected chi connectivity index (χ3v) is 5.92. The molecule has 0 aromatic heterocycles. The molecule has 2 aromatic rings. The standard InChI is InChI=1S/C27H32N4O10/c28-18(12-16-6-8-17(32)9-7-16)24(37)30-20(14-23(35)36)26(39)29-19(10-11-22(33)34)25(38)31-21(27(40)41)13-15-4-2-1-3-5-15/h1-9,18-21,32H,10-14,28H2,(H,29,39)(H,30,37)(H,31,38)(H,33,34)(H,35,36)(H,40,41). The molecule has 0 aliphatic heterocycles. The van der Waals surface area contributed by atoms with Crippen LogP contribution in [0.4, 0.5) is 0 Å². The lowest BCUT2D eigenvalue weighted by atomic mass is 10.0. The highest BCUT2D eigenvalue weighted by atomic mass is 16.4. The molecular formula is C27H32N4O10. The molecule has 0 spiro atoms. The lowest BCUT2D eigenvalue weighted by molar-refractivity contribution is -0.143. The molecule has 2 rings (SSSR count). The quantitative estimate of drug-likeness (QED) is 0.126. The molecule has 0 radical (unpaired) electrons. The fourth-order valence-electron chi connectivity index (χ4n) is 3.77. The maximum atomic E-state index is 13.0. The minimum absolute atomic E-state index is 0.00111. The van der Waals surface area contributed by atoms with E-state index in [1.807, 2.05) is 0 Å². The summed E-state index contributed by atoms with van der Waals surface area (Å²) in [7, 11) is 0. The van der Waals surface area contributed by atoms with Crippen LogP contribution in [0.3, 0.4) is 0 Å². The Morgan fingerprint density at radius 3 is 1.76 bits per heavy atom. The molecule has 41 heavy (non-hydrogen) atoms. The zero-order valence-corrected chi connectivity index (χ0v) is 21.9. The summed E-state index contributed by atoms with van der Waals surface area (Å²) in [5.74, 6) is -7.12. The largest absolute Gasteiger partial charge is 0.508 e. The zero-order chi connectivity index (χ0) is 30.5. The molecule has 4 unspecified atom stereocenters. The number of hydrogen-bond acceptors (Lipinski definition) is 8. The van der Waals surface area contributed by atoms with Gasteiger partial charge in [-0.2, -0.15) is 0 Å². The molecule has 0 saturated heterocycles. The van der Waals surface area contributed by atoms with E-state index in [9.17, 15) is 44.1 Å². The third kappa shape index (κ3) is 11.3. The van der Waals surface area contributed by atoms with Gasteiger partial charge in [0.1, 0.15) is 23.9 Å². The smallest absolute Gasteiger partial charge is 0.326 e. The van der Waals surface area contributed by atoms with Gasteiger partial charge in [-0.15, -0.1) is 0 Å². The van der Waals surface area contributed by atoms with E-state index in [0.29, 0.717) is 11.1 Å². The van der Waals surface area contributed by atoms with Crippen molar-refractivity contribution in [3.8, 4) is 5.75 Å². The number of nitrogens with two attached hydrogens (primary N) is 1. The topological polar surface area (TPSA) is 245 Å².